The van der Waals surface area contributed by atoms with Crippen LogP contribution in [0.4, 0.5) is 5.82 Å². The Hall–Kier alpha value is -3.94. The fourth-order valence-corrected chi connectivity index (χ4v) is 5.10. The maximum Gasteiger partial charge on any atom is 0.219 e. The molecule has 8 nitrogen and oxygen atoms in total. The Bertz CT molecular complexity index is 1420. The van der Waals surface area contributed by atoms with Gasteiger partial charge in [-0.3, -0.25) is 14.5 Å². The van der Waals surface area contributed by atoms with Crippen molar-refractivity contribution in [1.29, 1.82) is 0 Å². The van der Waals surface area contributed by atoms with Gasteiger partial charge in [0.2, 0.25) is 5.91 Å². The molecule has 1 fully saturated rings. The van der Waals surface area contributed by atoms with E-state index in [1.54, 1.807) is 6.92 Å². The molecule has 1 amide bonds. The Labute approximate surface area is 197 Å². The van der Waals surface area contributed by atoms with Crippen LogP contribution in [-0.4, -0.2) is 50.7 Å². The average molecular weight is 455 g/mol. The first kappa shape index (κ1) is 20.7. The molecule has 0 spiro atoms. The lowest BCUT2D eigenvalue weighted by Crippen LogP contribution is -2.37. The zero-order chi connectivity index (χ0) is 23.2. The minimum Gasteiger partial charge on any atom is -0.452 e. The third-order valence-electron chi connectivity index (χ3n) is 6.98. The summed E-state index contributed by atoms with van der Waals surface area (Å²) in [5.41, 5.74) is 6.20. The van der Waals surface area contributed by atoms with Crippen molar-refractivity contribution in [3.05, 3.63) is 66.1 Å². The Morgan fingerprint density at radius 1 is 1.18 bits per heavy atom. The molecular formula is C26H26N6O2. The van der Waals surface area contributed by atoms with Gasteiger partial charge in [-0.2, -0.15) is 5.10 Å². The van der Waals surface area contributed by atoms with Crippen LogP contribution in [0.15, 0.2) is 53.6 Å². The second-order valence-electron chi connectivity index (χ2n) is 8.92. The molecule has 5 heterocycles. The van der Waals surface area contributed by atoms with Gasteiger partial charge in [0.25, 0.3) is 0 Å². The summed E-state index contributed by atoms with van der Waals surface area (Å²) in [6.07, 6.45) is 14.5. The number of nitrogens with one attached hydrogen (secondary N) is 1. The highest BCUT2D eigenvalue weighted by Crippen LogP contribution is 2.40. The number of piperidine rings is 1. The van der Waals surface area contributed by atoms with Crippen LogP contribution in [0.25, 0.3) is 27.7 Å². The van der Waals surface area contributed by atoms with Gasteiger partial charge in [0.1, 0.15) is 5.76 Å². The maximum atomic E-state index is 11.6. The summed E-state index contributed by atoms with van der Waals surface area (Å²) in [6, 6.07) is 4.44. The fourth-order valence-electron chi connectivity index (χ4n) is 5.10. The van der Waals surface area contributed by atoms with Crippen LogP contribution < -0.4 is 5.32 Å². The number of carbonyl (C=O) groups excluding carboxylic acids is 1. The number of likely N-dealkylation sites (tertiary alicyclic amines) is 1. The molecule has 0 bridgehead atoms. The van der Waals surface area contributed by atoms with Gasteiger partial charge in [0.05, 0.1) is 12.2 Å². The minimum atomic E-state index is 0.143. The number of anilines is 1. The normalized spacial score (nSPS) is 16.1. The van der Waals surface area contributed by atoms with E-state index in [0.29, 0.717) is 5.82 Å². The first-order chi connectivity index (χ1) is 16.6. The Morgan fingerprint density at radius 2 is 2.03 bits per heavy atom. The number of allylic oxidation sites excluding steroid dienone is 1. The largest absolute Gasteiger partial charge is 0.452 e. The molecule has 1 aliphatic heterocycles. The number of amides is 1. The van der Waals surface area contributed by atoms with E-state index in [-0.39, 0.29) is 11.9 Å². The lowest BCUT2D eigenvalue weighted by Gasteiger charge is -2.31. The molecule has 4 aromatic rings. The lowest BCUT2D eigenvalue weighted by molar-refractivity contribution is -0.130. The summed E-state index contributed by atoms with van der Waals surface area (Å²) in [5, 5.41) is 8.83. The smallest absolute Gasteiger partial charge is 0.219 e. The van der Waals surface area contributed by atoms with E-state index in [1.165, 1.54) is 11.1 Å². The molecule has 0 radical (unpaired) electrons. The maximum absolute atomic E-state index is 11.6. The van der Waals surface area contributed by atoms with E-state index in [2.05, 4.69) is 38.7 Å². The summed E-state index contributed by atoms with van der Waals surface area (Å²) in [6.45, 7) is 3.18. The van der Waals surface area contributed by atoms with Gasteiger partial charge in [0.15, 0.2) is 11.4 Å². The first-order valence-electron chi connectivity index (χ1n) is 11.7. The van der Waals surface area contributed by atoms with Crippen LogP contribution in [0.1, 0.15) is 42.7 Å². The molecule has 1 aliphatic carbocycles. The topological polar surface area (TPSA) is 89.1 Å². The Balaban J connectivity index is 1.36. The van der Waals surface area contributed by atoms with Gasteiger partial charge < -0.3 is 14.6 Å². The predicted octanol–water partition coefficient (Wildman–Crippen LogP) is 4.30. The van der Waals surface area contributed by atoms with Crippen molar-refractivity contribution in [3.63, 3.8) is 0 Å². The molecule has 172 valence electrons. The van der Waals surface area contributed by atoms with Gasteiger partial charge in [-0.05, 0) is 42.5 Å². The number of rotatable bonds is 4. The van der Waals surface area contributed by atoms with Crippen LogP contribution in [0.2, 0.25) is 0 Å². The summed E-state index contributed by atoms with van der Waals surface area (Å²) in [5.74, 6) is 1.68. The highest BCUT2D eigenvalue weighted by atomic mass is 16.3. The van der Waals surface area contributed by atoms with Crippen molar-refractivity contribution in [3.8, 4) is 11.1 Å². The number of carbonyl (C=O) groups is 1. The van der Waals surface area contributed by atoms with E-state index >= 15 is 0 Å². The van der Waals surface area contributed by atoms with Crippen molar-refractivity contribution >= 4 is 28.3 Å². The van der Waals surface area contributed by atoms with E-state index in [9.17, 15) is 4.79 Å². The fraction of sp³-hybridized carbons (Fsp3) is 0.308. The van der Waals surface area contributed by atoms with Crippen LogP contribution in [0.5, 0.6) is 0 Å². The molecule has 0 aromatic carbocycles. The molecule has 2 aliphatic rings. The molecule has 8 heteroatoms. The van der Waals surface area contributed by atoms with Crippen molar-refractivity contribution in [1.82, 2.24) is 24.6 Å². The van der Waals surface area contributed by atoms with Gasteiger partial charge in [-0.25, -0.2) is 4.98 Å². The summed E-state index contributed by atoms with van der Waals surface area (Å²) in [4.78, 5) is 22.4. The number of fused-ring (bicyclic) bond motifs is 2. The highest BCUT2D eigenvalue weighted by molar-refractivity contribution is 6.01. The van der Waals surface area contributed by atoms with E-state index < -0.39 is 0 Å². The zero-order valence-electron chi connectivity index (χ0n) is 19.3. The van der Waals surface area contributed by atoms with Crippen molar-refractivity contribution in [2.75, 3.05) is 25.5 Å². The van der Waals surface area contributed by atoms with Crippen LogP contribution >= 0.6 is 0 Å². The molecule has 1 N–H and O–H groups in total. The van der Waals surface area contributed by atoms with Crippen LogP contribution in [-0.2, 0) is 11.2 Å². The molecule has 6 rings (SSSR count). The molecule has 0 saturated carbocycles. The van der Waals surface area contributed by atoms with E-state index in [4.69, 9.17) is 4.42 Å². The summed E-state index contributed by atoms with van der Waals surface area (Å²) < 4.78 is 8.41. The standard InChI is InChI=1S/C26H26N6O2/c1-16(33)31-9-6-19(7-10-31)32-15-18(13-30-32)23-14-29-26(27-2)25-22(23)11-24(34-25)21-4-3-17-12-28-8-5-20(17)21/h4-5,8,11-15,19H,3,6-7,9-10H2,1-2H3,(H,27,29). The van der Waals surface area contributed by atoms with Gasteiger partial charge in [-0.1, -0.05) is 6.08 Å². The second kappa shape index (κ2) is 8.13. The molecular weight excluding hydrogens is 428 g/mol. The number of aromatic nitrogens is 4. The summed E-state index contributed by atoms with van der Waals surface area (Å²) in [7, 11) is 1.85. The quantitative estimate of drug-likeness (QED) is 0.495. The zero-order valence-corrected chi connectivity index (χ0v) is 19.3. The van der Waals surface area contributed by atoms with Gasteiger partial charge in [0, 0.05) is 73.9 Å². The monoisotopic (exact) mass is 454 g/mol. The number of furan rings is 1. The number of hydrogen-bond acceptors (Lipinski definition) is 6. The number of nitrogens with zero attached hydrogens (tertiary/aromatic N) is 5. The van der Waals surface area contributed by atoms with Crippen LogP contribution in [0, 0.1) is 0 Å². The molecule has 1 saturated heterocycles. The first-order valence-corrected chi connectivity index (χ1v) is 11.7. The molecule has 0 atom stereocenters. The number of hydrogen-bond donors (Lipinski definition) is 1. The Kier molecular flexibility index (Phi) is 4.94. The van der Waals surface area contributed by atoms with Crippen molar-refractivity contribution in [2.45, 2.75) is 32.2 Å². The molecule has 0 unspecified atom stereocenters. The number of pyridine rings is 2. The average Bonchev–Trinajstić information content (AvgIpc) is 3.61. The third kappa shape index (κ3) is 3.37. The predicted molar refractivity (Wildman–Crippen MR) is 130 cm³/mol. The van der Waals surface area contributed by atoms with Gasteiger partial charge in [-0.15, -0.1) is 0 Å². The SMILES string of the molecule is CNc1ncc(-c2cnn(C3CCN(C(C)=O)CC3)c2)c2cc(C3=CCc4cnccc43)oc12. The molecule has 34 heavy (non-hydrogen) atoms. The minimum absolute atomic E-state index is 0.143. The van der Waals surface area contributed by atoms with Gasteiger partial charge >= 0.3 is 0 Å². The summed E-state index contributed by atoms with van der Waals surface area (Å²) >= 11 is 0. The van der Waals surface area contributed by atoms with E-state index in [0.717, 1.165) is 65.8 Å². The van der Waals surface area contributed by atoms with Crippen LogP contribution in [0.3, 0.4) is 0 Å². The Morgan fingerprint density at radius 3 is 2.82 bits per heavy atom. The van der Waals surface area contributed by atoms with Crippen molar-refractivity contribution < 1.29 is 9.21 Å². The third-order valence-corrected chi connectivity index (χ3v) is 6.98. The lowest BCUT2D eigenvalue weighted by atomic mass is 10.0. The highest BCUT2D eigenvalue weighted by Gasteiger charge is 2.24. The molecule has 4 aromatic heterocycles. The van der Waals surface area contributed by atoms with Crippen molar-refractivity contribution in [2.24, 2.45) is 0 Å². The second-order valence-corrected chi connectivity index (χ2v) is 8.92. The van der Waals surface area contributed by atoms with E-state index in [1.807, 2.05) is 47.5 Å².